The molecule has 13 rings (SSSR count). The highest BCUT2D eigenvalue weighted by Gasteiger charge is 2.52. The normalized spacial score (nSPS) is 13.2. The summed E-state index contributed by atoms with van der Waals surface area (Å²) in [6.07, 6.45) is 0. The zero-order chi connectivity index (χ0) is 38.7. The average Bonchev–Trinajstić information content (AvgIpc) is 3.91. The van der Waals surface area contributed by atoms with Crippen molar-refractivity contribution in [1.29, 1.82) is 0 Å². The van der Waals surface area contributed by atoms with Crippen LogP contribution in [0.3, 0.4) is 0 Å². The van der Waals surface area contributed by atoms with Gasteiger partial charge in [-0.2, -0.15) is 0 Å². The second-order valence-electron chi connectivity index (χ2n) is 16.0. The number of para-hydroxylation sites is 3. The second-order valence-corrected chi connectivity index (χ2v) is 16.0. The maximum absolute atomic E-state index is 2.42. The van der Waals surface area contributed by atoms with E-state index in [1.807, 2.05) is 0 Å². The number of hydrogen-bond donors (Lipinski definition) is 0. The zero-order valence-corrected chi connectivity index (χ0v) is 32.2. The first-order valence-corrected chi connectivity index (χ1v) is 20.5. The molecule has 1 heterocycles. The van der Waals surface area contributed by atoms with Gasteiger partial charge in [0.05, 0.1) is 16.4 Å². The van der Waals surface area contributed by atoms with Crippen LogP contribution in [0.25, 0.3) is 71.3 Å². The Morgan fingerprint density at radius 2 is 0.949 bits per heavy atom. The molecule has 0 amide bonds. The average molecular weight is 749 g/mol. The van der Waals surface area contributed by atoms with E-state index in [1.165, 1.54) is 87.9 Å². The predicted molar refractivity (Wildman–Crippen MR) is 247 cm³/mol. The third kappa shape index (κ3) is 4.35. The molecule has 2 aliphatic carbocycles. The van der Waals surface area contributed by atoms with Gasteiger partial charge in [0.25, 0.3) is 0 Å². The lowest BCUT2D eigenvalue weighted by atomic mass is 9.69. The van der Waals surface area contributed by atoms with Crippen LogP contribution in [0.5, 0.6) is 0 Å². The molecule has 2 nitrogen and oxygen atoms in total. The SMILES string of the molecule is c1ccc(N(c2ccc3c4c(ccc3c2)-c2c(ccc3ccccc23)C42c3ccccc3-c3ccccc32)c2ccc3c(c2)c2ccccc2n3-c2ccccc2)cc1. The summed E-state index contributed by atoms with van der Waals surface area (Å²) in [6.45, 7) is 0. The number of anilines is 3. The van der Waals surface area contributed by atoms with Gasteiger partial charge < -0.3 is 9.47 Å². The fraction of sp³-hybridized carbons (Fsp3) is 0.0175. The van der Waals surface area contributed by atoms with Crippen LogP contribution in [0.1, 0.15) is 22.3 Å². The maximum Gasteiger partial charge on any atom is 0.0731 e. The molecule has 0 fully saturated rings. The van der Waals surface area contributed by atoms with E-state index in [0.717, 1.165) is 22.7 Å². The van der Waals surface area contributed by atoms with Crippen LogP contribution < -0.4 is 4.90 Å². The monoisotopic (exact) mass is 748 g/mol. The molecule has 2 aliphatic rings. The van der Waals surface area contributed by atoms with Crippen molar-refractivity contribution in [3.05, 3.63) is 241 Å². The van der Waals surface area contributed by atoms with Crippen molar-refractivity contribution in [3.63, 3.8) is 0 Å². The van der Waals surface area contributed by atoms with E-state index in [1.54, 1.807) is 0 Å². The molecule has 274 valence electrons. The molecule has 0 radical (unpaired) electrons. The molecule has 0 bridgehead atoms. The van der Waals surface area contributed by atoms with Gasteiger partial charge in [0, 0.05) is 33.5 Å². The molecule has 1 aromatic heterocycles. The fourth-order valence-electron chi connectivity index (χ4n) is 10.9. The minimum atomic E-state index is -0.444. The minimum absolute atomic E-state index is 0.444. The number of nitrogens with zero attached hydrogens (tertiary/aromatic N) is 2. The molecule has 11 aromatic rings. The number of benzene rings is 10. The lowest BCUT2D eigenvalue weighted by Crippen LogP contribution is -2.26. The van der Waals surface area contributed by atoms with E-state index in [0.29, 0.717) is 0 Å². The third-order valence-electron chi connectivity index (χ3n) is 13.1. The van der Waals surface area contributed by atoms with Gasteiger partial charge in [0.1, 0.15) is 0 Å². The standard InChI is InChI=1S/C57H36N2/c1-3-16-39(17-4-1)58(42-30-34-54-49(36-42)47-23-11-14-26-53(47)59(54)40-18-5-2-6-19-40)41-29-32-44-38(35-41)27-31-48-55-43-20-8-7-15-37(43)28-33-52(55)57(56(44)48)50-24-12-9-21-45(50)46-22-10-13-25-51(46)57/h1-36H. The summed E-state index contributed by atoms with van der Waals surface area (Å²) < 4.78 is 2.38. The highest BCUT2D eigenvalue weighted by Crippen LogP contribution is 2.65. The third-order valence-corrected chi connectivity index (χ3v) is 13.1. The Kier molecular flexibility index (Phi) is 6.68. The van der Waals surface area contributed by atoms with Crippen molar-refractivity contribution in [3.8, 4) is 27.9 Å². The molecule has 0 unspecified atom stereocenters. The van der Waals surface area contributed by atoms with E-state index >= 15 is 0 Å². The first-order chi connectivity index (χ1) is 29.3. The van der Waals surface area contributed by atoms with Gasteiger partial charge in [0.15, 0.2) is 0 Å². The number of rotatable bonds is 4. The van der Waals surface area contributed by atoms with Crippen LogP contribution in [0.4, 0.5) is 17.1 Å². The quantitative estimate of drug-likeness (QED) is 0.174. The van der Waals surface area contributed by atoms with Gasteiger partial charge in [-0.05, 0) is 127 Å². The highest BCUT2D eigenvalue weighted by molar-refractivity contribution is 6.12. The molecule has 0 N–H and O–H groups in total. The molecule has 10 aromatic carbocycles. The number of fused-ring (bicyclic) bond motifs is 17. The topological polar surface area (TPSA) is 8.17 Å². The zero-order valence-electron chi connectivity index (χ0n) is 32.2. The van der Waals surface area contributed by atoms with Gasteiger partial charge >= 0.3 is 0 Å². The van der Waals surface area contributed by atoms with E-state index in [9.17, 15) is 0 Å². The Balaban J connectivity index is 1.06. The van der Waals surface area contributed by atoms with Crippen LogP contribution in [-0.2, 0) is 5.41 Å². The Labute approximate surface area is 342 Å². The summed E-state index contributed by atoms with van der Waals surface area (Å²) in [7, 11) is 0. The molecule has 0 atom stereocenters. The van der Waals surface area contributed by atoms with E-state index in [-0.39, 0.29) is 0 Å². The van der Waals surface area contributed by atoms with Crippen molar-refractivity contribution in [2.24, 2.45) is 0 Å². The maximum atomic E-state index is 2.42. The van der Waals surface area contributed by atoms with Gasteiger partial charge in [0.2, 0.25) is 0 Å². The molecule has 1 spiro atoms. The second kappa shape index (κ2) is 12.2. The summed E-state index contributed by atoms with van der Waals surface area (Å²) >= 11 is 0. The Hall–Kier alpha value is -7.68. The predicted octanol–water partition coefficient (Wildman–Crippen LogP) is 14.9. The molecule has 0 saturated carbocycles. The van der Waals surface area contributed by atoms with Crippen molar-refractivity contribution >= 4 is 60.4 Å². The van der Waals surface area contributed by atoms with E-state index < -0.39 is 5.41 Å². The van der Waals surface area contributed by atoms with E-state index in [4.69, 9.17) is 0 Å². The lowest BCUT2D eigenvalue weighted by molar-refractivity contribution is 0.802. The van der Waals surface area contributed by atoms with E-state index in [2.05, 4.69) is 228 Å². The number of hydrogen-bond acceptors (Lipinski definition) is 1. The Bertz CT molecular complexity index is 3460. The van der Waals surface area contributed by atoms with Crippen molar-refractivity contribution < 1.29 is 0 Å². The van der Waals surface area contributed by atoms with Gasteiger partial charge in [-0.25, -0.2) is 0 Å². The summed E-state index contributed by atoms with van der Waals surface area (Å²) in [4.78, 5) is 2.42. The van der Waals surface area contributed by atoms with Gasteiger partial charge in [-0.3, -0.25) is 0 Å². The minimum Gasteiger partial charge on any atom is -0.310 e. The molecular formula is C57H36N2. The summed E-state index contributed by atoms with van der Waals surface area (Å²) in [5.74, 6) is 0. The van der Waals surface area contributed by atoms with Crippen LogP contribution in [-0.4, -0.2) is 4.57 Å². The van der Waals surface area contributed by atoms with Crippen molar-refractivity contribution in [2.45, 2.75) is 5.41 Å². The van der Waals surface area contributed by atoms with Gasteiger partial charge in [-0.15, -0.1) is 0 Å². The number of aromatic nitrogens is 1. The van der Waals surface area contributed by atoms with Crippen LogP contribution >= 0.6 is 0 Å². The summed E-state index contributed by atoms with van der Waals surface area (Å²) in [6, 6.07) is 81.0. The Morgan fingerprint density at radius 3 is 1.75 bits per heavy atom. The van der Waals surface area contributed by atoms with Crippen LogP contribution in [0.15, 0.2) is 218 Å². The largest absolute Gasteiger partial charge is 0.310 e. The summed E-state index contributed by atoms with van der Waals surface area (Å²) in [5, 5.41) is 7.55. The molecule has 0 saturated heterocycles. The fourth-order valence-corrected chi connectivity index (χ4v) is 10.9. The van der Waals surface area contributed by atoms with Crippen LogP contribution in [0.2, 0.25) is 0 Å². The highest BCUT2D eigenvalue weighted by atomic mass is 15.1. The first kappa shape index (κ1) is 32.4. The molecule has 59 heavy (non-hydrogen) atoms. The van der Waals surface area contributed by atoms with Crippen LogP contribution in [0, 0.1) is 0 Å². The van der Waals surface area contributed by atoms with Crippen molar-refractivity contribution in [2.75, 3.05) is 4.90 Å². The lowest BCUT2D eigenvalue weighted by Gasteiger charge is -2.32. The smallest absolute Gasteiger partial charge is 0.0731 e. The molecular weight excluding hydrogens is 713 g/mol. The van der Waals surface area contributed by atoms with Crippen molar-refractivity contribution in [1.82, 2.24) is 4.57 Å². The molecule has 2 heteroatoms. The summed E-state index contributed by atoms with van der Waals surface area (Å²) in [5.41, 5.74) is 17.3. The molecule has 0 aliphatic heterocycles. The Morgan fingerprint density at radius 1 is 0.339 bits per heavy atom. The van der Waals surface area contributed by atoms with Gasteiger partial charge in [-0.1, -0.05) is 158 Å². The first-order valence-electron chi connectivity index (χ1n) is 20.5.